The van der Waals surface area contributed by atoms with Crippen LogP contribution in [-0.4, -0.2) is 32.2 Å². The third kappa shape index (κ3) is 2.57. The monoisotopic (exact) mass is 201 g/mol. The molecule has 2 N–H and O–H groups in total. The van der Waals surface area contributed by atoms with E-state index in [1.807, 2.05) is 25.9 Å². The lowest BCUT2D eigenvalue weighted by atomic mass is 10.5. The van der Waals surface area contributed by atoms with Gasteiger partial charge in [0.2, 0.25) is 0 Å². The van der Waals surface area contributed by atoms with Crippen molar-refractivity contribution in [2.75, 3.05) is 32.1 Å². The molecule has 0 atom stereocenters. The Labute approximate surface area is 82.3 Å². The average Bonchev–Trinajstić information content (AvgIpc) is 2.44. The number of nitrogens with zero attached hydrogens (tertiary/aromatic N) is 2. The summed E-state index contributed by atoms with van der Waals surface area (Å²) in [6.07, 6.45) is 0. The third-order valence-electron chi connectivity index (χ3n) is 1.48. The second kappa shape index (κ2) is 4.43. The van der Waals surface area contributed by atoms with Gasteiger partial charge in [0.15, 0.2) is 10.2 Å². The Morgan fingerprint density at radius 1 is 1.54 bits per heavy atom. The van der Waals surface area contributed by atoms with Crippen molar-refractivity contribution in [1.82, 2.24) is 4.98 Å². The maximum Gasteiger partial charge on any atom is 0.198 e. The van der Waals surface area contributed by atoms with Crippen molar-refractivity contribution in [3.8, 4) is 5.06 Å². The van der Waals surface area contributed by atoms with Crippen molar-refractivity contribution in [3.05, 3.63) is 5.69 Å². The van der Waals surface area contributed by atoms with Crippen LogP contribution in [0.25, 0.3) is 0 Å². The molecule has 0 aromatic carbocycles. The smallest absolute Gasteiger partial charge is 0.198 e. The summed E-state index contributed by atoms with van der Waals surface area (Å²) in [7, 11) is 3.93. The minimum Gasteiger partial charge on any atom is -0.481 e. The molecule has 1 heterocycles. The first kappa shape index (κ1) is 10.3. The maximum absolute atomic E-state index is 5.42. The molecule has 13 heavy (non-hydrogen) atoms. The van der Waals surface area contributed by atoms with E-state index >= 15 is 0 Å². The van der Waals surface area contributed by atoms with Gasteiger partial charge in [-0.2, -0.15) is 0 Å². The number of aryl methyl sites for hydroxylation is 1. The van der Waals surface area contributed by atoms with Crippen molar-refractivity contribution in [2.24, 2.45) is 5.73 Å². The fourth-order valence-corrected chi connectivity index (χ4v) is 1.71. The van der Waals surface area contributed by atoms with E-state index in [0.29, 0.717) is 13.2 Å². The van der Waals surface area contributed by atoms with Crippen LogP contribution in [0.4, 0.5) is 5.13 Å². The largest absolute Gasteiger partial charge is 0.481 e. The Kier molecular flexibility index (Phi) is 3.50. The van der Waals surface area contributed by atoms with Crippen LogP contribution >= 0.6 is 11.3 Å². The van der Waals surface area contributed by atoms with Crippen LogP contribution in [0.2, 0.25) is 0 Å². The first-order valence-corrected chi connectivity index (χ1v) is 4.94. The van der Waals surface area contributed by atoms with Gasteiger partial charge in [-0.25, -0.2) is 4.98 Å². The second-order valence-electron chi connectivity index (χ2n) is 2.90. The predicted octanol–water partition coefficient (Wildman–Crippen LogP) is 0.855. The quantitative estimate of drug-likeness (QED) is 0.785. The summed E-state index contributed by atoms with van der Waals surface area (Å²) in [5.74, 6) is 0. The number of rotatable bonds is 4. The topological polar surface area (TPSA) is 51.4 Å². The zero-order chi connectivity index (χ0) is 9.84. The normalized spacial score (nSPS) is 10.2. The van der Waals surface area contributed by atoms with Gasteiger partial charge >= 0.3 is 0 Å². The van der Waals surface area contributed by atoms with Crippen LogP contribution < -0.4 is 15.4 Å². The standard InChI is InChI=1S/C8H15N3OS/c1-6-7(12-5-4-9)13-8(10-6)11(2)3/h4-5,9H2,1-3H3. The summed E-state index contributed by atoms with van der Waals surface area (Å²) in [5.41, 5.74) is 6.27. The summed E-state index contributed by atoms with van der Waals surface area (Å²) in [4.78, 5) is 6.31. The molecular weight excluding hydrogens is 186 g/mol. The van der Waals surface area contributed by atoms with Crippen LogP contribution in [0, 0.1) is 6.92 Å². The first-order valence-electron chi connectivity index (χ1n) is 4.12. The summed E-state index contributed by atoms with van der Waals surface area (Å²) in [5, 5.41) is 1.83. The highest BCUT2D eigenvalue weighted by atomic mass is 32.1. The zero-order valence-corrected chi connectivity index (χ0v) is 9.02. The molecule has 1 aromatic heterocycles. The first-order chi connectivity index (χ1) is 6.15. The molecule has 0 saturated heterocycles. The molecule has 1 rings (SSSR count). The molecule has 0 amide bonds. The number of hydrogen-bond donors (Lipinski definition) is 1. The fourth-order valence-electron chi connectivity index (χ4n) is 0.846. The van der Waals surface area contributed by atoms with E-state index in [1.54, 1.807) is 11.3 Å². The SMILES string of the molecule is Cc1nc(N(C)C)sc1OCCN. The number of hydrogen-bond acceptors (Lipinski definition) is 5. The summed E-state index contributed by atoms with van der Waals surface area (Å²) < 4.78 is 5.42. The van der Waals surface area contributed by atoms with Crippen LogP contribution in [0.1, 0.15) is 5.69 Å². The Balaban J connectivity index is 2.71. The molecule has 0 aliphatic rings. The molecule has 4 nitrogen and oxygen atoms in total. The van der Waals surface area contributed by atoms with Crippen LogP contribution in [-0.2, 0) is 0 Å². The van der Waals surface area contributed by atoms with E-state index in [2.05, 4.69) is 4.98 Å². The van der Waals surface area contributed by atoms with Gasteiger partial charge in [-0.15, -0.1) is 0 Å². The predicted molar refractivity (Wildman–Crippen MR) is 55.7 cm³/mol. The molecule has 0 radical (unpaired) electrons. The summed E-state index contributed by atoms with van der Waals surface area (Å²) in [6.45, 7) is 3.03. The van der Waals surface area contributed by atoms with Gasteiger partial charge in [0, 0.05) is 20.6 Å². The van der Waals surface area contributed by atoms with Crippen molar-refractivity contribution in [3.63, 3.8) is 0 Å². The van der Waals surface area contributed by atoms with Gasteiger partial charge in [0.1, 0.15) is 6.61 Å². The number of nitrogens with two attached hydrogens (primary N) is 1. The van der Waals surface area contributed by atoms with Gasteiger partial charge in [-0.3, -0.25) is 0 Å². The van der Waals surface area contributed by atoms with Gasteiger partial charge in [-0.05, 0) is 6.92 Å². The zero-order valence-electron chi connectivity index (χ0n) is 8.20. The lowest BCUT2D eigenvalue weighted by Gasteiger charge is -2.05. The minimum absolute atomic E-state index is 0.536. The van der Waals surface area contributed by atoms with Gasteiger partial charge in [0.05, 0.1) is 5.69 Å². The van der Waals surface area contributed by atoms with Crippen molar-refractivity contribution < 1.29 is 4.74 Å². The molecule has 74 valence electrons. The van der Waals surface area contributed by atoms with Gasteiger partial charge < -0.3 is 15.4 Å². The molecule has 0 bridgehead atoms. The molecule has 0 aliphatic carbocycles. The Morgan fingerprint density at radius 3 is 2.69 bits per heavy atom. The summed E-state index contributed by atoms with van der Waals surface area (Å²) in [6, 6.07) is 0. The Hall–Kier alpha value is -0.810. The highest BCUT2D eigenvalue weighted by Gasteiger charge is 2.09. The molecule has 0 spiro atoms. The molecule has 0 aliphatic heterocycles. The van der Waals surface area contributed by atoms with E-state index < -0.39 is 0 Å². The highest BCUT2D eigenvalue weighted by molar-refractivity contribution is 7.17. The maximum atomic E-state index is 5.42. The molecule has 5 heteroatoms. The Morgan fingerprint density at radius 2 is 2.23 bits per heavy atom. The number of thiazole rings is 1. The van der Waals surface area contributed by atoms with E-state index in [9.17, 15) is 0 Å². The van der Waals surface area contributed by atoms with Crippen LogP contribution in [0.3, 0.4) is 0 Å². The van der Waals surface area contributed by atoms with E-state index in [0.717, 1.165) is 15.9 Å². The molecule has 1 aromatic rings. The minimum atomic E-state index is 0.536. The highest BCUT2D eigenvalue weighted by Crippen LogP contribution is 2.31. The molecule has 0 saturated carbocycles. The van der Waals surface area contributed by atoms with E-state index in [-0.39, 0.29) is 0 Å². The lowest BCUT2D eigenvalue weighted by molar-refractivity contribution is 0.335. The van der Waals surface area contributed by atoms with Gasteiger partial charge in [0.25, 0.3) is 0 Å². The van der Waals surface area contributed by atoms with Gasteiger partial charge in [-0.1, -0.05) is 11.3 Å². The van der Waals surface area contributed by atoms with Crippen molar-refractivity contribution in [2.45, 2.75) is 6.92 Å². The number of anilines is 1. The number of ether oxygens (including phenoxy) is 1. The lowest BCUT2D eigenvalue weighted by Crippen LogP contribution is -2.10. The average molecular weight is 201 g/mol. The molecule has 0 fully saturated rings. The van der Waals surface area contributed by atoms with Crippen LogP contribution in [0.5, 0.6) is 5.06 Å². The third-order valence-corrected chi connectivity index (χ3v) is 2.71. The van der Waals surface area contributed by atoms with Crippen LogP contribution in [0.15, 0.2) is 0 Å². The second-order valence-corrected chi connectivity index (χ2v) is 3.84. The number of aromatic nitrogens is 1. The molecular formula is C8H15N3OS. The Bertz CT molecular complexity index is 272. The summed E-state index contributed by atoms with van der Waals surface area (Å²) >= 11 is 1.54. The van der Waals surface area contributed by atoms with Crippen molar-refractivity contribution >= 4 is 16.5 Å². The molecule has 0 unspecified atom stereocenters. The van der Waals surface area contributed by atoms with E-state index in [1.165, 1.54) is 0 Å². The fraction of sp³-hybridized carbons (Fsp3) is 0.625. The van der Waals surface area contributed by atoms with E-state index in [4.69, 9.17) is 10.5 Å². The van der Waals surface area contributed by atoms with Crippen molar-refractivity contribution in [1.29, 1.82) is 0 Å².